The summed E-state index contributed by atoms with van der Waals surface area (Å²) < 4.78 is 0. The third kappa shape index (κ3) is 31.1. The third-order valence-corrected chi connectivity index (χ3v) is 14.7. The Balaban J connectivity index is 2.41. The molecule has 524 valence electrons. The lowest BCUT2D eigenvalue weighted by Crippen LogP contribution is -2.61. The Morgan fingerprint density at radius 1 is 0.436 bits per heavy atom. The van der Waals surface area contributed by atoms with Crippen molar-refractivity contribution in [1.29, 1.82) is 0 Å². The summed E-state index contributed by atoms with van der Waals surface area (Å²) >= 11 is 0. The van der Waals surface area contributed by atoms with Gasteiger partial charge in [-0.25, -0.2) is 0 Å². The highest BCUT2D eigenvalue weighted by Gasteiger charge is 2.36. The molecule has 0 radical (unpaired) electrons. The summed E-state index contributed by atoms with van der Waals surface area (Å²) in [5, 5.41) is 48.5. The lowest BCUT2D eigenvalue weighted by Gasteiger charge is -2.29. The van der Waals surface area contributed by atoms with E-state index < -0.39 is 150 Å². The highest BCUT2D eigenvalue weighted by atomic mass is 16.3. The fourth-order valence-electron chi connectivity index (χ4n) is 9.36. The zero-order chi connectivity index (χ0) is 70.9. The molecule has 0 aliphatic carbocycles. The van der Waals surface area contributed by atoms with Crippen molar-refractivity contribution in [2.75, 3.05) is 19.6 Å². The summed E-state index contributed by atoms with van der Waals surface area (Å²) in [5.74, 6) is -10.4. The first-order chi connectivity index (χ1) is 44.1. The number of nitrogens with two attached hydrogens (primary N) is 5. The number of hydrogen-bond donors (Lipinski definition) is 18. The number of aromatic hydroxyl groups is 1. The Hall–Kier alpha value is -8.97. The molecule has 23 N–H and O–H groups in total. The second-order valence-electron chi connectivity index (χ2n) is 24.7. The van der Waals surface area contributed by atoms with Crippen molar-refractivity contribution in [2.24, 2.45) is 51.4 Å². The van der Waals surface area contributed by atoms with Gasteiger partial charge in [-0.1, -0.05) is 84.0 Å². The van der Waals surface area contributed by atoms with Crippen molar-refractivity contribution in [3.63, 3.8) is 0 Å². The maximum Gasteiger partial charge on any atom is 0.243 e. The van der Waals surface area contributed by atoms with E-state index in [4.69, 9.17) is 28.7 Å². The summed E-state index contributed by atoms with van der Waals surface area (Å²) in [4.78, 5) is 168. The standard InChI is InChI=1S/C63H103N17O14/c1-33(2)27-45(57(89)72-37(8)53(85)70-32-50(83)74-43(20-16-26-69-63(67)68)55(87)71-36(7)52(66)84)77-56(88)44(19-14-15-25-64)75-58(90)46(28-34(3)4)78-59(91)47(29-35(5)6)79-61(93)49(30-40-17-12-11-13-18-40)80-60(92)48(31-41-21-23-42(82)24-22-41)76-54(86)38(9)73-62(94)51(65)39(10)81/h11-13,17-18,21-24,33-39,43-49,51,81-82H,14-16,19-20,25-32,64-65H2,1-10H3,(H2,66,84)(H,70,85)(H,71,87)(H,72,89)(H,73,94)(H,74,83)(H,75,90)(H,76,86)(H,77,88)(H,78,91)(H,79,93)(H,80,92)(H4,67,68,69)/t36-,37-,38-,39+,43-,44-,45-,46-,47-,48-,49-,51-/m0/s1. The Morgan fingerprint density at radius 2 is 0.819 bits per heavy atom. The average Bonchev–Trinajstić information content (AvgIpc) is 0.986. The van der Waals surface area contributed by atoms with E-state index in [1.165, 1.54) is 52.0 Å². The Labute approximate surface area is 549 Å². The van der Waals surface area contributed by atoms with Crippen LogP contribution in [0.1, 0.15) is 132 Å². The van der Waals surface area contributed by atoms with Gasteiger partial charge in [0.2, 0.25) is 70.9 Å². The number of guanidine groups is 1. The van der Waals surface area contributed by atoms with Crippen LogP contribution >= 0.6 is 0 Å². The van der Waals surface area contributed by atoms with Crippen molar-refractivity contribution in [2.45, 2.75) is 206 Å². The maximum atomic E-state index is 14.7. The number of aliphatic hydroxyl groups is 1. The van der Waals surface area contributed by atoms with E-state index in [2.05, 4.69) is 63.5 Å². The Bertz CT molecular complexity index is 2860. The molecule has 0 aliphatic rings. The number of amides is 12. The van der Waals surface area contributed by atoms with Crippen molar-refractivity contribution in [3.05, 3.63) is 65.7 Å². The smallest absolute Gasteiger partial charge is 0.243 e. The monoisotopic (exact) mass is 1320 g/mol. The van der Waals surface area contributed by atoms with Gasteiger partial charge in [-0.15, -0.1) is 0 Å². The number of carbonyl (C=O) groups is 12. The van der Waals surface area contributed by atoms with Crippen LogP contribution in [0, 0.1) is 17.8 Å². The Kier molecular flexibility index (Phi) is 35.9. The predicted molar refractivity (Wildman–Crippen MR) is 351 cm³/mol. The summed E-state index contributed by atoms with van der Waals surface area (Å²) in [6, 6.07) is 0.433. The zero-order valence-corrected chi connectivity index (χ0v) is 55.7. The molecule has 12 amide bonds. The number of benzene rings is 2. The van der Waals surface area contributed by atoms with E-state index in [0.717, 1.165) is 0 Å². The highest BCUT2D eigenvalue weighted by molar-refractivity contribution is 5.99. The maximum absolute atomic E-state index is 14.7. The minimum Gasteiger partial charge on any atom is -0.508 e. The molecule has 0 heterocycles. The number of rotatable bonds is 42. The predicted octanol–water partition coefficient (Wildman–Crippen LogP) is -3.28. The van der Waals surface area contributed by atoms with Crippen molar-refractivity contribution >= 4 is 76.8 Å². The molecular weight excluding hydrogens is 1220 g/mol. The van der Waals surface area contributed by atoms with Gasteiger partial charge in [0, 0.05) is 19.4 Å². The van der Waals surface area contributed by atoms with Crippen LogP contribution in [0.2, 0.25) is 0 Å². The molecule has 0 unspecified atom stereocenters. The van der Waals surface area contributed by atoms with Gasteiger partial charge >= 0.3 is 0 Å². The van der Waals surface area contributed by atoms with Crippen LogP contribution in [-0.4, -0.2) is 179 Å². The molecule has 0 spiro atoms. The van der Waals surface area contributed by atoms with Gasteiger partial charge in [-0.2, -0.15) is 0 Å². The number of primary amides is 1. The number of nitrogens with zero attached hydrogens (tertiary/aromatic N) is 1. The first-order valence-electron chi connectivity index (χ1n) is 31.7. The zero-order valence-electron chi connectivity index (χ0n) is 55.7. The molecule has 2 aromatic rings. The second-order valence-corrected chi connectivity index (χ2v) is 24.7. The molecule has 31 heteroatoms. The van der Waals surface area contributed by atoms with Gasteiger partial charge in [0.25, 0.3) is 0 Å². The van der Waals surface area contributed by atoms with E-state index >= 15 is 0 Å². The van der Waals surface area contributed by atoms with Crippen molar-refractivity contribution in [3.8, 4) is 5.75 Å². The van der Waals surface area contributed by atoms with Gasteiger partial charge in [0.1, 0.15) is 72.2 Å². The molecule has 94 heavy (non-hydrogen) atoms. The number of unbranched alkanes of at least 4 members (excludes halogenated alkanes) is 1. The van der Waals surface area contributed by atoms with Crippen LogP contribution in [0.5, 0.6) is 5.75 Å². The van der Waals surface area contributed by atoms with Crippen LogP contribution < -0.4 is 87.2 Å². The molecule has 0 saturated carbocycles. The van der Waals surface area contributed by atoms with Crippen LogP contribution in [0.15, 0.2) is 59.6 Å². The molecule has 0 aromatic heterocycles. The van der Waals surface area contributed by atoms with E-state index in [0.29, 0.717) is 24.0 Å². The van der Waals surface area contributed by atoms with Crippen LogP contribution in [-0.2, 0) is 70.4 Å². The molecule has 0 aliphatic heterocycles. The lowest BCUT2D eigenvalue weighted by molar-refractivity contribution is -0.136. The topological polar surface area (TPSA) is 520 Å². The molecule has 0 bridgehead atoms. The van der Waals surface area contributed by atoms with E-state index in [1.807, 2.05) is 13.8 Å². The first-order valence-corrected chi connectivity index (χ1v) is 31.7. The van der Waals surface area contributed by atoms with Crippen LogP contribution in [0.3, 0.4) is 0 Å². The number of phenols is 1. The van der Waals surface area contributed by atoms with Gasteiger partial charge in [-0.3, -0.25) is 62.5 Å². The SMILES string of the molecule is CC(C)C[C@H](NC(=O)[C@H](CCCCN)NC(=O)[C@H](CC(C)C)NC(=O)[C@H](CC(C)C)NC(=O)[C@H](Cc1ccccc1)NC(=O)[C@H](Cc1ccc(O)cc1)NC(=O)[C@H](C)NC(=O)[C@@H](N)[C@@H](C)O)C(=O)N[C@@H](C)C(=O)NCC(=O)N[C@@H](CCCN=C(N)N)C(=O)N[C@@H](C)C(N)=O. The molecular formula is C63H103N17O14. The number of aliphatic imine (C=N–C) groups is 1. The van der Waals surface area contributed by atoms with Gasteiger partial charge in [0.05, 0.1) is 12.6 Å². The highest BCUT2D eigenvalue weighted by Crippen LogP contribution is 2.16. The fourth-order valence-corrected chi connectivity index (χ4v) is 9.36. The summed E-state index contributed by atoms with van der Waals surface area (Å²) in [5.41, 5.74) is 28.8. The second kappa shape index (κ2) is 41.6. The summed E-state index contributed by atoms with van der Waals surface area (Å²) in [7, 11) is 0. The summed E-state index contributed by atoms with van der Waals surface area (Å²) in [6.07, 6.45) is -0.197. The Morgan fingerprint density at radius 3 is 1.29 bits per heavy atom. The molecule has 31 nitrogen and oxygen atoms in total. The minimum atomic E-state index is -1.39. The van der Waals surface area contributed by atoms with Gasteiger partial charge in [0.15, 0.2) is 5.96 Å². The van der Waals surface area contributed by atoms with Crippen molar-refractivity contribution in [1.82, 2.24) is 58.5 Å². The number of phenolic OH excluding ortho intramolecular Hbond substituents is 1. The number of aliphatic hydroxyl groups excluding tert-OH is 1. The van der Waals surface area contributed by atoms with E-state index in [1.54, 1.807) is 58.0 Å². The lowest BCUT2D eigenvalue weighted by atomic mass is 9.98. The van der Waals surface area contributed by atoms with E-state index in [-0.39, 0.29) is 93.9 Å². The van der Waals surface area contributed by atoms with E-state index in [9.17, 15) is 67.7 Å². The number of hydrogen-bond acceptors (Lipinski definition) is 17. The first kappa shape index (κ1) is 81.1. The van der Waals surface area contributed by atoms with Crippen LogP contribution in [0.25, 0.3) is 0 Å². The quantitative estimate of drug-likeness (QED) is 0.0176. The third-order valence-electron chi connectivity index (χ3n) is 14.7. The number of nitrogens with one attached hydrogen (secondary N) is 11. The summed E-state index contributed by atoms with van der Waals surface area (Å²) in [6.45, 7) is 15.9. The minimum absolute atomic E-state index is 0.0371. The molecule has 2 aromatic carbocycles. The van der Waals surface area contributed by atoms with Crippen LogP contribution in [0.4, 0.5) is 0 Å². The molecule has 0 fully saturated rings. The normalized spacial score (nSPS) is 15.0. The van der Waals surface area contributed by atoms with Crippen molar-refractivity contribution < 1.29 is 67.7 Å². The van der Waals surface area contributed by atoms with Gasteiger partial charge < -0.3 is 97.4 Å². The largest absolute Gasteiger partial charge is 0.508 e. The number of carbonyl (C=O) groups excluding carboxylic acids is 12. The molecule has 0 saturated heterocycles. The van der Waals surface area contributed by atoms with Gasteiger partial charge in [-0.05, 0) is 127 Å². The molecule has 2 rings (SSSR count). The molecule has 12 atom stereocenters. The fraction of sp³-hybridized carbons (Fsp3) is 0.603. The average molecular weight is 1320 g/mol.